The zero-order valence-electron chi connectivity index (χ0n) is 19.0. The third-order valence-electron chi connectivity index (χ3n) is 5.02. The summed E-state index contributed by atoms with van der Waals surface area (Å²) in [5.74, 6) is 0.173. The Morgan fingerprint density at radius 3 is 2.03 bits per heavy atom. The van der Waals surface area contributed by atoms with Gasteiger partial charge in [-0.2, -0.15) is 5.26 Å². The summed E-state index contributed by atoms with van der Waals surface area (Å²) < 4.78 is 5.38. The molecular weight excluding hydrogens is 390 g/mol. The van der Waals surface area contributed by atoms with Gasteiger partial charge in [-0.3, -0.25) is 9.59 Å². The van der Waals surface area contributed by atoms with Crippen molar-refractivity contribution in [3.05, 3.63) is 64.2 Å². The maximum atomic E-state index is 12.3. The molecule has 2 amide bonds. The first-order chi connectivity index (χ1) is 14.6. The highest BCUT2D eigenvalue weighted by molar-refractivity contribution is 5.80. The first-order valence-electron chi connectivity index (χ1n) is 10.4. The molecule has 2 rings (SSSR count). The monoisotopic (exact) mass is 421 g/mol. The van der Waals surface area contributed by atoms with Crippen molar-refractivity contribution in [1.82, 2.24) is 10.6 Å². The van der Waals surface area contributed by atoms with E-state index in [9.17, 15) is 9.59 Å². The molecule has 6 heteroatoms. The van der Waals surface area contributed by atoms with Crippen LogP contribution in [0.3, 0.4) is 0 Å². The number of nitrogens with zero attached hydrogens (tertiary/aromatic N) is 1. The van der Waals surface area contributed by atoms with E-state index in [1.807, 2.05) is 19.9 Å². The Labute approximate surface area is 184 Å². The average molecular weight is 422 g/mol. The fraction of sp³-hybridized carbons (Fsp3) is 0.400. The number of hydrogen-bond donors (Lipinski definition) is 2. The van der Waals surface area contributed by atoms with Gasteiger partial charge in [-0.15, -0.1) is 0 Å². The zero-order chi connectivity index (χ0) is 23.0. The van der Waals surface area contributed by atoms with E-state index in [0.29, 0.717) is 30.8 Å². The van der Waals surface area contributed by atoms with E-state index in [-0.39, 0.29) is 23.8 Å². The third-order valence-corrected chi connectivity index (χ3v) is 5.02. The largest absolute Gasteiger partial charge is 0.484 e. The van der Waals surface area contributed by atoms with Crippen LogP contribution in [-0.2, 0) is 21.4 Å². The first-order valence-corrected chi connectivity index (χ1v) is 10.4. The minimum absolute atomic E-state index is 0.0678. The molecule has 0 aliphatic rings. The molecule has 6 nitrogen and oxygen atoms in total. The summed E-state index contributed by atoms with van der Waals surface area (Å²) in [6, 6.07) is 12.9. The summed E-state index contributed by atoms with van der Waals surface area (Å²) in [5, 5.41) is 14.3. The van der Waals surface area contributed by atoms with E-state index < -0.39 is 0 Å². The van der Waals surface area contributed by atoms with Gasteiger partial charge in [0.15, 0.2) is 6.61 Å². The number of carbonyl (C=O) groups is 2. The van der Waals surface area contributed by atoms with E-state index in [4.69, 9.17) is 10.00 Å². The molecule has 2 N–H and O–H groups in total. The van der Waals surface area contributed by atoms with Crippen LogP contribution in [0.2, 0.25) is 0 Å². The van der Waals surface area contributed by atoms with E-state index in [0.717, 1.165) is 16.7 Å². The highest BCUT2D eigenvalue weighted by atomic mass is 16.5. The van der Waals surface area contributed by atoms with Crippen LogP contribution in [0.25, 0.3) is 0 Å². The molecule has 0 atom stereocenters. The van der Waals surface area contributed by atoms with Crippen LogP contribution in [-0.4, -0.2) is 31.5 Å². The lowest BCUT2D eigenvalue weighted by atomic mass is 9.83. The van der Waals surface area contributed by atoms with Gasteiger partial charge in [0.2, 0.25) is 5.91 Å². The van der Waals surface area contributed by atoms with Crippen molar-refractivity contribution in [3.63, 3.8) is 0 Å². The predicted octanol–water partition coefficient (Wildman–Crippen LogP) is 3.33. The highest BCUT2D eigenvalue weighted by Gasteiger charge is 2.17. The molecule has 0 aliphatic carbocycles. The molecule has 0 bridgehead atoms. The summed E-state index contributed by atoms with van der Waals surface area (Å²) >= 11 is 0. The lowest BCUT2D eigenvalue weighted by molar-refractivity contribution is -0.124. The van der Waals surface area contributed by atoms with Crippen molar-refractivity contribution in [2.75, 3.05) is 19.7 Å². The minimum Gasteiger partial charge on any atom is -0.484 e. The smallest absolute Gasteiger partial charge is 0.258 e. The van der Waals surface area contributed by atoms with E-state index in [1.54, 1.807) is 24.3 Å². The molecule has 0 fully saturated rings. The Bertz CT molecular complexity index is 944. The summed E-state index contributed by atoms with van der Waals surface area (Å²) in [5.41, 5.74) is 5.14. The van der Waals surface area contributed by atoms with E-state index >= 15 is 0 Å². The van der Waals surface area contributed by atoms with Crippen molar-refractivity contribution in [2.24, 2.45) is 0 Å². The van der Waals surface area contributed by atoms with Crippen molar-refractivity contribution >= 4 is 11.8 Å². The Hall–Kier alpha value is -3.33. The van der Waals surface area contributed by atoms with Gasteiger partial charge in [-0.25, -0.2) is 0 Å². The fourth-order valence-corrected chi connectivity index (χ4v) is 3.16. The second kappa shape index (κ2) is 10.6. The molecule has 0 saturated heterocycles. The second-order valence-electron chi connectivity index (χ2n) is 8.64. The summed E-state index contributed by atoms with van der Waals surface area (Å²) in [7, 11) is 0. The van der Waals surface area contributed by atoms with Crippen molar-refractivity contribution in [3.8, 4) is 11.8 Å². The number of amides is 2. The highest BCUT2D eigenvalue weighted by Crippen LogP contribution is 2.27. The van der Waals surface area contributed by atoms with Crippen LogP contribution in [0.15, 0.2) is 36.4 Å². The van der Waals surface area contributed by atoms with Gasteiger partial charge in [0.25, 0.3) is 5.91 Å². The molecule has 0 aliphatic heterocycles. The molecule has 31 heavy (non-hydrogen) atoms. The van der Waals surface area contributed by atoms with E-state index in [1.165, 1.54) is 5.56 Å². The number of carbonyl (C=O) groups excluding carboxylic acids is 2. The van der Waals surface area contributed by atoms with Crippen LogP contribution in [0.4, 0.5) is 0 Å². The Balaban J connectivity index is 1.73. The number of ether oxygens (including phenoxy) is 1. The van der Waals surface area contributed by atoms with Gasteiger partial charge in [0.05, 0.1) is 18.1 Å². The molecule has 0 unspecified atom stereocenters. The molecule has 0 heterocycles. The van der Waals surface area contributed by atoms with Crippen molar-refractivity contribution < 1.29 is 14.3 Å². The zero-order valence-corrected chi connectivity index (χ0v) is 19.0. The fourth-order valence-electron chi connectivity index (χ4n) is 3.16. The molecule has 0 aromatic heterocycles. The Kier molecular flexibility index (Phi) is 8.21. The normalized spacial score (nSPS) is 10.8. The average Bonchev–Trinajstić information content (AvgIpc) is 2.72. The number of rotatable bonds is 8. The van der Waals surface area contributed by atoms with Gasteiger partial charge >= 0.3 is 0 Å². The number of nitriles is 1. The maximum Gasteiger partial charge on any atom is 0.258 e. The lowest BCUT2D eigenvalue weighted by Gasteiger charge is -2.22. The maximum absolute atomic E-state index is 12.3. The minimum atomic E-state index is -0.275. The van der Waals surface area contributed by atoms with Crippen LogP contribution in [0, 0.1) is 25.2 Å². The van der Waals surface area contributed by atoms with Crippen LogP contribution in [0.5, 0.6) is 5.75 Å². The second-order valence-corrected chi connectivity index (χ2v) is 8.64. The van der Waals surface area contributed by atoms with Crippen LogP contribution >= 0.6 is 0 Å². The molecule has 164 valence electrons. The quantitative estimate of drug-likeness (QED) is 0.640. The van der Waals surface area contributed by atoms with Gasteiger partial charge in [0, 0.05) is 13.1 Å². The Morgan fingerprint density at radius 1 is 0.968 bits per heavy atom. The standard InChI is InChI=1S/C25H31N3O3/c1-17-12-20(25(3,4)5)13-18(2)22(17)14-23(29)27-10-11-28-24(30)16-31-21-8-6-19(15-26)7-9-21/h6-9,12-13H,10-11,14,16H2,1-5H3,(H,27,29)(H,28,30). The first kappa shape index (κ1) is 23.9. The lowest BCUT2D eigenvalue weighted by Crippen LogP contribution is -2.37. The summed E-state index contributed by atoms with van der Waals surface area (Å²) in [4.78, 5) is 24.2. The van der Waals surface area contributed by atoms with Gasteiger partial charge < -0.3 is 15.4 Å². The van der Waals surface area contributed by atoms with Crippen LogP contribution in [0.1, 0.15) is 48.6 Å². The molecule has 0 radical (unpaired) electrons. The number of nitrogens with one attached hydrogen (secondary N) is 2. The predicted molar refractivity (Wildman–Crippen MR) is 121 cm³/mol. The van der Waals surface area contributed by atoms with Gasteiger partial charge in [0.1, 0.15) is 5.75 Å². The number of aryl methyl sites for hydroxylation is 2. The van der Waals surface area contributed by atoms with Crippen LogP contribution < -0.4 is 15.4 Å². The van der Waals surface area contributed by atoms with Crippen molar-refractivity contribution in [2.45, 2.75) is 46.5 Å². The number of benzene rings is 2. The van der Waals surface area contributed by atoms with Crippen molar-refractivity contribution in [1.29, 1.82) is 5.26 Å². The summed E-state index contributed by atoms with van der Waals surface area (Å²) in [6.07, 6.45) is 0.317. The van der Waals surface area contributed by atoms with E-state index in [2.05, 4.69) is 43.5 Å². The molecule has 0 saturated carbocycles. The SMILES string of the molecule is Cc1cc(C(C)(C)C)cc(C)c1CC(=O)NCCNC(=O)COc1ccc(C#N)cc1. The third kappa shape index (κ3) is 7.45. The summed E-state index contributed by atoms with van der Waals surface area (Å²) in [6.45, 7) is 11.2. The molecular formula is C25H31N3O3. The Morgan fingerprint density at radius 2 is 1.52 bits per heavy atom. The molecule has 2 aromatic rings. The molecule has 2 aromatic carbocycles. The molecule has 0 spiro atoms. The van der Waals surface area contributed by atoms with Gasteiger partial charge in [-0.05, 0) is 65.8 Å². The topological polar surface area (TPSA) is 91.2 Å². The van der Waals surface area contributed by atoms with Gasteiger partial charge in [-0.1, -0.05) is 32.9 Å². The number of hydrogen-bond acceptors (Lipinski definition) is 4.